The number of nitrogens with one attached hydrogen (secondary N) is 1. The molecule has 0 atom stereocenters. The Kier molecular flexibility index (Phi) is 5.15. The molecule has 2 aromatic rings. The zero-order chi connectivity index (χ0) is 17.6. The minimum atomic E-state index is -0.394. The van der Waals surface area contributed by atoms with Gasteiger partial charge >= 0.3 is 0 Å². The molecule has 4 heteroatoms. The number of anilines is 1. The first-order valence-electron chi connectivity index (χ1n) is 8.40. The van der Waals surface area contributed by atoms with Crippen LogP contribution in [0.5, 0.6) is 5.75 Å². The van der Waals surface area contributed by atoms with Crippen LogP contribution < -0.4 is 10.1 Å². The number of para-hydroxylation sites is 1. The zero-order valence-corrected chi connectivity index (χ0v) is 14.2. The maximum absolute atomic E-state index is 12.4. The number of amides is 1. The zero-order valence-electron chi connectivity index (χ0n) is 14.2. The Hall–Kier alpha value is -3.06. The van der Waals surface area contributed by atoms with Gasteiger partial charge in [-0.05, 0) is 66.6 Å². The van der Waals surface area contributed by atoms with Crippen LogP contribution >= 0.6 is 0 Å². The summed E-state index contributed by atoms with van der Waals surface area (Å²) < 4.78 is 5.46. The first-order valence-corrected chi connectivity index (χ1v) is 8.40. The van der Waals surface area contributed by atoms with Crippen molar-refractivity contribution in [2.24, 2.45) is 0 Å². The van der Waals surface area contributed by atoms with Gasteiger partial charge in [0.05, 0.1) is 7.11 Å². The Morgan fingerprint density at radius 2 is 1.84 bits per heavy atom. The summed E-state index contributed by atoms with van der Waals surface area (Å²) in [6.45, 7) is 0. The van der Waals surface area contributed by atoms with Crippen LogP contribution in [0.3, 0.4) is 0 Å². The lowest BCUT2D eigenvalue weighted by atomic mass is 9.87. The molecule has 0 fully saturated rings. The van der Waals surface area contributed by atoms with Gasteiger partial charge in [-0.1, -0.05) is 24.3 Å². The van der Waals surface area contributed by atoms with Crippen LogP contribution in [0, 0.1) is 11.3 Å². The first kappa shape index (κ1) is 16.8. The second kappa shape index (κ2) is 7.67. The van der Waals surface area contributed by atoms with Crippen molar-refractivity contribution in [3.63, 3.8) is 0 Å². The van der Waals surface area contributed by atoms with Crippen molar-refractivity contribution in [3.05, 3.63) is 64.7 Å². The van der Waals surface area contributed by atoms with Gasteiger partial charge in [-0.15, -0.1) is 0 Å². The van der Waals surface area contributed by atoms with E-state index in [9.17, 15) is 10.1 Å². The highest BCUT2D eigenvalue weighted by Crippen LogP contribution is 2.33. The molecule has 0 aliphatic heterocycles. The molecular weight excluding hydrogens is 312 g/mol. The number of hydrogen-bond acceptors (Lipinski definition) is 3. The van der Waals surface area contributed by atoms with Gasteiger partial charge in [-0.3, -0.25) is 4.79 Å². The quantitative estimate of drug-likeness (QED) is 0.677. The summed E-state index contributed by atoms with van der Waals surface area (Å²) >= 11 is 0. The predicted molar refractivity (Wildman–Crippen MR) is 98.3 cm³/mol. The number of carbonyl (C=O) groups is 1. The van der Waals surface area contributed by atoms with E-state index in [-0.39, 0.29) is 5.57 Å². The molecule has 0 bridgehead atoms. The van der Waals surface area contributed by atoms with Crippen molar-refractivity contribution in [2.75, 3.05) is 12.4 Å². The van der Waals surface area contributed by atoms with Gasteiger partial charge in [0, 0.05) is 5.69 Å². The van der Waals surface area contributed by atoms with Crippen molar-refractivity contribution in [3.8, 4) is 11.8 Å². The van der Waals surface area contributed by atoms with Crippen LogP contribution in [-0.2, 0) is 17.6 Å². The minimum Gasteiger partial charge on any atom is -0.496 e. The molecule has 1 N–H and O–H groups in total. The maximum atomic E-state index is 12.4. The van der Waals surface area contributed by atoms with E-state index in [1.54, 1.807) is 25.3 Å². The van der Waals surface area contributed by atoms with Gasteiger partial charge in [-0.2, -0.15) is 5.26 Å². The van der Waals surface area contributed by atoms with E-state index in [2.05, 4.69) is 5.32 Å². The Morgan fingerprint density at radius 1 is 1.12 bits per heavy atom. The molecule has 1 amide bonds. The van der Waals surface area contributed by atoms with Gasteiger partial charge in [0.1, 0.15) is 17.4 Å². The Bertz CT molecular complexity index is 848. The lowest BCUT2D eigenvalue weighted by molar-refractivity contribution is -0.112. The lowest BCUT2D eigenvalue weighted by Gasteiger charge is -2.21. The molecular formula is C21H20N2O2. The fourth-order valence-electron chi connectivity index (χ4n) is 3.21. The maximum Gasteiger partial charge on any atom is 0.266 e. The molecule has 4 nitrogen and oxygen atoms in total. The highest BCUT2D eigenvalue weighted by atomic mass is 16.5. The van der Waals surface area contributed by atoms with Crippen molar-refractivity contribution < 1.29 is 9.53 Å². The summed E-state index contributed by atoms with van der Waals surface area (Å²) in [6.07, 6.45) is 5.84. The molecule has 0 saturated carbocycles. The second-order valence-electron chi connectivity index (χ2n) is 6.01. The summed E-state index contributed by atoms with van der Waals surface area (Å²) in [4.78, 5) is 12.4. The normalized spacial score (nSPS) is 13.5. The van der Waals surface area contributed by atoms with Crippen LogP contribution in [0.15, 0.2) is 48.0 Å². The molecule has 126 valence electrons. The third-order valence-electron chi connectivity index (χ3n) is 4.44. The predicted octanol–water partition coefficient (Wildman–Crippen LogP) is 4.12. The van der Waals surface area contributed by atoms with Crippen molar-refractivity contribution in [1.29, 1.82) is 5.26 Å². The fourth-order valence-corrected chi connectivity index (χ4v) is 3.21. The van der Waals surface area contributed by atoms with E-state index >= 15 is 0 Å². The summed E-state index contributed by atoms with van der Waals surface area (Å²) in [5, 5.41) is 12.2. The van der Waals surface area contributed by atoms with E-state index < -0.39 is 5.91 Å². The highest BCUT2D eigenvalue weighted by molar-refractivity contribution is 6.09. The Balaban J connectivity index is 1.92. The largest absolute Gasteiger partial charge is 0.496 e. The summed E-state index contributed by atoms with van der Waals surface area (Å²) in [6, 6.07) is 15.0. The van der Waals surface area contributed by atoms with E-state index in [0.29, 0.717) is 5.69 Å². The van der Waals surface area contributed by atoms with Crippen LogP contribution in [0.2, 0.25) is 0 Å². The smallest absolute Gasteiger partial charge is 0.266 e. The molecule has 3 rings (SSSR count). The summed E-state index contributed by atoms with van der Waals surface area (Å²) in [5.74, 6) is 0.494. The number of ether oxygens (including phenoxy) is 1. The monoisotopic (exact) mass is 332 g/mol. The van der Waals surface area contributed by atoms with Gasteiger partial charge < -0.3 is 10.1 Å². The lowest BCUT2D eigenvalue weighted by Crippen LogP contribution is -2.14. The average Bonchev–Trinajstić information content (AvgIpc) is 2.66. The van der Waals surface area contributed by atoms with E-state index in [1.165, 1.54) is 11.1 Å². The third-order valence-corrected chi connectivity index (χ3v) is 4.44. The molecule has 0 radical (unpaired) electrons. The number of hydrogen-bond donors (Lipinski definition) is 1. The highest BCUT2D eigenvalue weighted by Gasteiger charge is 2.18. The van der Waals surface area contributed by atoms with E-state index in [4.69, 9.17) is 4.74 Å². The molecule has 0 heterocycles. The standard InChI is InChI=1S/C21H20N2O2/c1-25-20-12-11-15(18-9-5-6-10-19(18)20)13-16(14-22)21(24)23-17-7-3-2-4-8-17/h2-4,7-8,11-13H,5-6,9-10H2,1H3,(H,23,24). The molecule has 2 aromatic carbocycles. The third kappa shape index (κ3) is 3.72. The number of fused-ring (bicyclic) bond motifs is 1. The average molecular weight is 332 g/mol. The minimum absolute atomic E-state index is 0.0989. The molecule has 1 aliphatic rings. The van der Waals surface area contributed by atoms with Crippen molar-refractivity contribution in [2.45, 2.75) is 25.7 Å². The SMILES string of the molecule is COc1ccc(C=C(C#N)C(=O)Nc2ccccc2)c2c1CCCC2. The number of methoxy groups -OCH3 is 1. The summed E-state index contributed by atoms with van der Waals surface area (Å²) in [7, 11) is 1.67. The van der Waals surface area contributed by atoms with Crippen LogP contribution in [0.1, 0.15) is 29.5 Å². The van der Waals surface area contributed by atoms with Gasteiger partial charge in [-0.25, -0.2) is 0 Å². The van der Waals surface area contributed by atoms with E-state index in [1.807, 2.05) is 36.4 Å². The Labute approximate surface area is 147 Å². The number of nitriles is 1. The topological polar surface area (TPSA) is 62.1 Å². The van der Waals surface area contributed by atoms with Crippen molar-refractivity contribution >= 4 is 17.7 Å². The van der Waals surface area contributed by atoms with Crippen molar-refractivity contribution in [1.82, 2.24) is 0 Å². The van der Waals surface area contributed by atoms with Gasteiger partial charge in [0.2, 0.25) is 0 Å². The molecule has 0 spiro atoms. The van der Waals surface area contributed by atoms with Crippen LogP contribution in [0.4, 0.5) is 5.69 Å². The molecule has 0 saturated heterocycles. The van der Waals surface area contributed by atoms with Crippen LogP contribution in [-0.4, -0.2) is 13.0 Å². The molecule has 1 aliphatic carbocycles. The Morgan fingerprint density at radius 3 is 2.52 bits per heavy atom. The van der Waals surface area contributed by atoms with Gasteiger partial charge in [0.15, 0.2) is 0 Å². The number of carbonyl (C=O) groups excluding carboxylic acids is 1. The number of nitrogens with zero attached hydrogens (tertiary/aromatic N) is 1. The van der Waals surface area contributed by atoms with Crippen LogP contribution in [0.25, 0.3) is 6.08 Å². The summed E-state index contributed by atoms with van der Waals surface area (Å²) in [5.41, 5.74) is 4.08. The number of rotatable bonds is 4. The van der Waals surface area contributed by atoms with E-state index in [0.717, 1.165) is 37.0 Å². The van der Waals surface area contributed by atoms with Gasteiger partial charge in [0.25, 0.3) is 5.91 Å². The first-order chi connectivity index (χ1) is 12.2. The molecule has 25 heavy (non-hydrogen) atoms. The second-order valence-corrected chi connectivity index (χ2v) is 6.01. The number of benzene rings is 2. The fraction of sp³-hybridized carbons (Fsp3) is 0.238. The molecule has 0 unspecified atom stereocenters. The molecule has 0 aromatic heterocycles.